The van der Waals surface area contributed by atoms with Gasteiger partial charge in [0.1, 0.15) is 5.57 Å². The first-order valence-corrected chi connectivity index (χ1v) is 9.04. The van der Waals surface area contributed by atoms with Crippen LogP contribution in [0, 0.1) is 0 Å². The molecule has 0 unspecified atom stereocenters. The van der Waals surface area contributed by atoms with Crippen LogP contribution in [0.1, 0.15) is 30.1 Å². The van der Waals surface area contributed by atoms with Crippen molar-refractivity contribution in [1.82, 2.24) is 5.32 Å². The topological polar surface area (TPSA) is 64.6 Å². The average Bonchev–Trinajstić information content (AvgIpc) is 3.36. The monoisotopic (exact) mass is 481 g/mol. The third kappa shape index (κ3) is 5.24. The van der Waals surface area contributed by atoms with Gasteiger partial charge in [0.25, 0.3) is 0 Å². The highest BCUT2D eigenvalue weighted by molar-refractivity contribution is 9.11. The van der Waals surface area contributed by atoms with E-state index in [0.717, 1.165) is 12.8 Å². The molecule has 1 N–H and O–H groups in total. The van der Waals surface area contributed by atoms with Gasteiger partial charge in [0.15, 0.2) is 5.75 Å². The Bertz CT molecular complexity index is 706. The Morgan fingerprint density at radius 3 is 2.60 bits per heavy atom. The minimum atomic E-state index is -3.06. The third-order valence-electron chi connectivity index (χ3n) is 3.28. The highest BCUT2D eigenvalue weighted by Gasteiger charge is 2.27. The molecule has 2 rings (SSSR count). The van der Waals surface area contributed by atoms with E-state index in [2.05, 4.69) is 41.9 Å². The van der Waals surface area contributed by atoms with Crippen molar-refractivity contribution in [2.45, 2.75) is 32.4 Å². The molecule has 0 amide bonds. The summed E-state index contributed by atoms with van der Waals surface area (Å²) in [5.41, 5.74) is -0.199. The van der Waals surface area contributed by atoms with E-state index in [0.29, 0.717) is 0 Å². The van der Waals surface area contributed by atoms with Crippen LogP contribution in [0.2, 0.25) is 0 Å². The highest BCUT2D eigenvalue weighted by Crippen LogP contribution is 2.38. The number of nitrogens with one attached hydrogen (secondary N) is 1. The molecule has 0 aromatic heterocycles. The van der Waals surface area contributed by atoms with Crippen molar-refractivity contribution in [3.8, 4) is 5.75 Å². The van der Waals surface area contributed by atoms with E-state index in [1.54, 1.807) is 6.92 Å². The van der Waals surface area contributed by atoms with Crippen LogP contribution in [0.3, 0.4) is 0 Å². The van der Waals surface area contributed by atoms with Gasteiger partial charge in [-0.15, -0.1) is 0 Å². The molecule has 0 aliphatic heterocycles. The summed E-state index contributed by atoms with van der Waals surface area (Å²) in [6.07, 6.45) is 3.23. The Kier molecular flexibility index (Phi) is 6.95. The van der Waals surface area contributed by atoms with Crippen LogP contribution in [-0.4, -0.2) is 31.0 Å². The molecule has 1 aliphatic rings. The number of rotatable bonds is 8. The highest BCUT2D eigenvalue weighted by atomic mass is 79.9. The Hall–Kier alpha value is -1.48. The lowest BCUT2D eigenvalue weighted by molar-refractivity contribution is -0.138. The van der Waals surface area contributed by atoms with Crippen LogP contribution in [0.15, 0.2) is 32.9 Å². The van der Waals surface area contributed by atoms with Crippen LogP contribution in [0.5, 0.6) is 5.75 Å². The zero-order chi connectivity index (χ0) is 18.6. The standard InChI is InChI=1S/C16H15Br2F2NO4/c1-2-24-15(23)10(7-21-8-3-4-8)13(22)9-5-6-11(17)14(12(9)18)25-16(19)20/h5-8,16,21H,2-4H2,1H3/b10-7+. The van der Waals surface area contributed by atoms with E-state index < -0.39 is 18.4 Å². The number of benzene rings is 1. The summed E-state index contributed by atoms with van der Waals surface area (Å²) in [7, 11) is 0. The number of ketones is 1. The van der Waals surface area contributed by atoms with E-state index in [1.807, 2.05) is 0 Å². The van der Waals surface area contributed by atoms with Crippen molar-refractivity contribution in [3.63, 3.8) is 0 Å². The van der Waals surface area contributed by atoms with Gasteiger partial charge >= 0.3 is 12.6 Å². The number of carbonyl (C=O) groups excluding carboxylic acids is 2. The number of alkyl halides is 2. The number of carbonyl (C=O) groups is 2. The van der Waals surface area contributed by atoms with Gasteiger partial charge in [0, 0.05) is 17.8 Å². The van der Waals surface area contributed by atoms with Crippen LogP contribution < -0.4 is 10.1 Å². The summed E-state index contributed by atoms with van der Waals surface area (Å²) < 4.78 is 34.8. The Balaban J connectivity index is 2.37. The number of hydrogen-bond acceptors (Lipinski definition) is 5. The van der Waals surface area contributed by atoms with Crippen molar-refractivity contribution >= 4 is 43.6 Å². The van der Waals surface area contributed by atoms with Crippen LogP contribution >= 0.6 is 31.9 Å². The summed E-state index contributed by atoms with van der Waals surface area (Å²) in [6.45, 7) is -1.33. The predicted octanol–water partition coefficient (Wildman–Crippen LogP) is 4.19. The van der Waals surface area contributed by atoms with E-state index >= 15 is 0 Å². The number of esters is 1. The van der Waals surface area contributed by atoms with Crippen molar-refractivity contribution in [2.75, 3.05) is 6.61 Å². The molecule has 136 valence electrons. The molecule has 1 aliphatic carbocycles. The lowest BCUT2D eigenvalue weighted by Crippen LogP contribution is -2.21. The van der Waals surface area contributed by atoms with Gasteiger partial charge in [-0.05, 0) is 63.8 Å². The molecule has 0 radical (unpaired) electrons. The summed E-state index contributed by atoms with van der Waals surface area (Å²) >= 11 is 6.19. The molecule has 0 atom stereocenters. The van der Waals surface area contributed by atoms with E-state index in [-0.39, 0.29) is 38.5 Å². The van der Waals surface area contributed by atoms with Gasteiger partial charge < -0.3 is 14.8 Å². The fraction of sp³-hybridized carbons (Fsp3) is 0.375. The summed E-state index contributed by atoms with van der Waals surface area (Å²) in [5, 5.41) is 2.96. The van der Waals surface area contributed by atoms with Gasteiger partial charge in [-0.1, -0.05) is 0 Å². The van der Waals surface area contributed by atoms with Crippen LogP contribution in [0.25, 0.3) is 0 Å². The maximum absolute atomic E-state index is 12.8. The fourth-order valence-electron chi connectivity index (χ4n) is 1.93. The fourth-order valence-corrected chi connectivity index (χ4v) is 3.24. The molecule has 1 saturated carbocycles. The second-order valence-corrected chi connectivity index (χ2v) is 6.81. The largest absolute Gasteiger partial charge is 0.462 e. The normalized spacial score (nSPS) is 14.4. The van der Waals surface area contributed by atoms with Gasteiger partial charge in [-0.3, -0.25) is 4.79 Å². The summed E-state index contributed by atoms with van der Waals surface area (Å²) in [5.74, 6) is -1.67. The number of halogens is 4. The summed E-state index contributed by atoms with van der Waals surface area (Å²) in [6, 6.07) is 3.02. The van der Waals surface area contributed by atoms with E-state index in [1.165, 1.54) is 18.3 Å². The number of hydrogen-bond donors (Lipinski definition) is 1. The van der Waals surface area contributed by atoms with Crippen molar-refractivity contribution < 1.29 is 27.8 Å². The van der Waals surface area contributed by atoms with Gasteiger partial charge in [-0.2, -0.15) is 8.78 Å². The van der Waals surface area contributed by atoms with Gasteiger partial charge in [0.05, 0.1) is 15.6 Å². The van der Waals surface area contributed by atoms with Crippen molar-refractivity contribution in [1.29, 1.82) is 0 Å². The maximum atomic E-state index is 12.8. The second-order valence-electron chi connectivity index (χ2n) is 5.17. The van der Waals surface area contributed by atoms with Crippen LogP contribution in [0.4, 0.5) is 8.78 Å². The Labute approximate surface area is 160 Å². The summed E-state index contributed by atoms with van der Waals surface area (Å²) in [4.78, 5) is 24.9. The van der Waals surface area contributed by atoms with Crippen molar-refractivity contribution in [2.24, 2.45) is 0 Å². The zero-order valence-electron chi connectivity index (χ0n) is 13.2. The SMILES string of the molecule is CCOC(=O)/C(=C/NC1CC1)C(=O)c1ccc(Br)c(OC(F)F)c1Br. The molecular weight excluding hydrogens is 468 g/mol. The van der Waals surface area contributed by atoms with E-state index in [9.17, 15) is 18.4 Å². The molecule has 1 fully saturated rings. The molecule has 1 aromatic carbocycles. The zero-order valence-corrected chi connectivity index (χ0v) is 16.3. The minimum Gasteiger partial charge on any atom is -0.462 e. The third-order valence-corrected chi connectivity index (χ3v) is 4.69. The smallest absolute Gasteiger partial charge is 0.387 e. The van der Waals surface area contributed by atoms with Gasteiger partial charge in [0.2, 0.25) is 5.78 Å². The molecule has 0 spiro atoms. The first kappa shape index (κ1) is 19.8. The Morgan fingerprint density at radius 1 is 1.36 bits per heavy atom. The number of Topliss-reactive ketones (excluding diaryl/α,β-unsaturated/α-hetero) is 1. The molecule has 5 nitrogen and oxygen atoms in total. The number of ether oxygens (including phenoxy) is 2. The lowest BCUT2D eigenvalue weighted by atomic mass is 10.0. The van der Waals surface area contributed by atoms with Gasteiger partial charge in [-0.25, -0.2) is 4.79 Å². The quantitative estimate of drug-likeness (QED) is 0.198. The van der Waals surface area contributed by atoms with Crippen LogP contribution in [-0.2, 0) is 9.53 Å². The molecular formula is C16H15Br2F2NO4. The Morgan fingerprint density at radius 2 is 2.04 bits per heavy atom. The van der Waals surface area contributed by atoms with Crippen molar-refractivity contribution in [3.05, 3.63) is 38.4 Å². The average molecular weight is 483 g/mol. The molecule has 0 bridgehead atoms. The van der Waals surface area contributed by atoms with E-state index in [4.69, 9.17) is 4.74 Å². The molecule has 0 saturated heterocycles. The first-order chi connectivity index (χ1) is 11.8. The molecule has 25 heavy (non-hydrogen) atoms. The molecule has 9 heteroatoms. The predicted molar refractivity (Wildman–Crippen MR) is 93.7 cm³/mol. The minimum absolute atomic E-state index is 0.00995. The lowest BCUT2D eigenvalue weighted by Gasteiger charge is -2.13. The molecule has 1 aromatic rings. The second kappa shape index (κ2) is 8.75. The maximum Gasteiger partial charge on any atom is 0.387 e. The first-order valence-electron chi connectivity index (χ1n) is 7.46. The molecule has 0 heterocycles.